The summed E-state index contributed by atoms with van der Waals surface area (Å²) in [5.41, 5.74) is 1.96. The number of aromatic hydroxyl groups is 1. The van der Waals surface area contributed by atoms with Gasteiger partial charge in [-0.1, -0.05) is 47.7 Å². The molecule has 0 aliphatic carbocycles. The van der Waals surface area contributed by atoms with Gasteiger partial charge in [-0.05, 0) is 59.3 Å². The molecule has 0 aliphatic rings. The van der Waals surface area contributed by atoms with Crippen molar-refractivity contribution in [2.24, 2.45) is 0 Å². The molecule has 0 saturated heterocycles. The van der Waals surface area contributed by atoms with Gasteiger partial charge in [0, 0.05) is 16.1 Å². The van der Waals surface area contributed by atoms with Crippen LogP contribution in [0.4, 0.5) is 10.8 Å². The molecule has 8 heteroatoms. The van der Waals surface area contributed by atoms with Crippen molar-refractivity contribution >= 4 is 66.7 Å². The predicted molar refractivity (Wildman–Crippen MR) is 139 cm³/mol. The van der Waals surface area contributed by atoms with Crippen LogP contribution < -0.4 is 10.6 Å². The second-order valence-electron chi connectivity index (χ2n) is 7.55. The number of nitrogens with one attached hydrogen (secondary N) is 2. The van der Waals surface area contributed by atoms with Crippen molar-refractivity contribution < 1.29 is 14.7 Å². The monoisotopic (exact) mass is 485 g/mol. The number of phenols is 1. The topological polar surface area (TPSA) is 91.3 Å². The zero-order valence-corrected chi connectivity index (χ0v) is 19.5. The molecule has 0 spiro atoms. The largest absolute Gasteiger partial charge is 0.508 e. The van der Waals surface area contributed by atoms with Gasteiger partial charge in [0.15, 0.2) is 5.13 Å². The minimum absolute atomic E-state index is 0.151. The summed E-state index contributed by atoms with van der Waals surface area (Å²) in [6.45, 7) is 0. The maximum atomic E-state index is 12.7. The van der Waals surface area contributed by atoms with Crippen molar-refractivity contribution in [3.63, 3.8) is 0 Å². The van der Waals surface area contributed by atoms with Crippen molar-refractivity contribution in [2.75, 3.05) is 16.4 Å². The van der Waals surface area contributed by atoms with Crippen molar-refractivity contribution in [3.8, 4) is 5.75 Å². The van der Waals surface area contributed by atoms with Crippen molar-refractivity contribution in [1.29, 1.82) is 0 Å². The maximum absolute atomic E-state index is 12.7. The van der Waals surface area contributed by atoms with E-state index in [0.29, 0.717) is 16.4 Å². The van der Waals surface area contributed by atoms with Crippen molar-refractivity contribution in [3.05, 3.63) is 90.5 Å². The van der Waals surface area contributed by atoms with E-state index in [1.807, 2.05) is 54.6 Å². The van der Waals surface area contributed by atoms with Crippen LogP contribution in [0.15, 0.2) is 89.8 Å². The third kappa shape index (κ3) is 5.03. The van der Waals surface area contributed by atoms with Gasteiger partial charge in [0.1, 0.15) is 5.75 Å². The number of nitrogens with zero attached hydrogens (tertiary/aromatic N) is 1. The van der Waals surface area contributed by atoms with Gasteiger partial charge in [0.25, 0.3) is 5.91 Å². The van der Waals surface area contributed by atoms with E-state index < -0.39 is 0 Å². The second kappa shape index (κ2) is 9.54. The number of thioether (sulfide) groups is 1. The first-order valence-corrected chi connectivity index (χ1v) is 12.3. The smallest absolute Gasteiger partial charge is 0.257 e. The molecule has 0 unspecified atom stereocenters. The highest BCUT2D eigenvalue weighted by atomic mass is 32.2. The molecule has 0 saturated carbocycles. The Kier molecular flexibility index (Phi) is 6.16. The number of aromatic nitrogens is 1. The number of thiazole rings is 1. The molecule has 0 aliphatic heterocycles. The van der Waals surface area contributed by atoms with Gasteiger partial charge in [0.2, 0.25) is 5.91 Å². The first kappa shape index (κ1) is 21.9. The minimum Gasteiger partial charge on any atom is -0.508 e. The fourth-order valence-corrected chi connectivity index (χ4v) is 5.12. The zero-order chi connectivity index (χ0) is 23.5. The van der Waals surface area contributed by atoms with Gasteiger partial charge >= 0.3 is 0 Å². The summed E-state index contributed by atoms with van der Waals surface area (Å²) >= 11 is 2.70. The third-order valence-electron chi connectivity index (χ3n) is 5.09. The number of hydrogen-bond acceptors (Lipinski definition) is 6. The van der Waals surface area contributed by atoms with E-state index in [1.165, 1.54) is 23.1 Å². The van der Waals surface area contributed by atoms with Gasteiger partial charge in [-0.25, -0.2) is 4.98 Å². The summed E-state index contributed by atoms with van der Waals surface area (Å²) in [6.07, 6.45) is 0. The first-order valence-electron chi connectivity index (χ1n) is 10.5. The summed E-state index contributed by atoms with van der Waals surface area (Å²) in [6, 6.07) is 25.7. The van der Waals surface area contributed by atoms with Crippen LogP contribution >= 0.6 is 23.1 Å². The molecule has 3 N–H and O–H groups in total. The molecule has 4 aromatic carbocycles. The molecule has 0 radical (unpaired) electrons. The van der Waals surface area contributed by atoms with Gasteiger partial charge < -0.3 is 10.4 Å². The Bertz CT molecular complexity index is 1530. The Balaban J connectivity index is 1.24. The zero-order valence-electron chi connectivity index (χ0n) is 17.8. The van der Waals surface area contributed by atoms with Gasteiger partial charge in [0.05, 0.1) is 16.0 Å². The van der Waals surface area contributed by atoms with E-state index in [1.54, 1.807) is 30.3 Å². The molecule has 5 rings (SSSR count). The molecular formula is C26H19N3O3S2. The Morgan fingerprint density at radius 2 is 1.74 bits per heavy atom. The van der Waals surface area contributed by atoms with E-state index in [9.17, 15) is 14.7 Å². The fraction of sp³-hybridized carbons (Fsp3) is 0.0385. The molecule has 0 bridgehead atoms. The fourth-order valence-electron chi connectivity index (χ4n) is 3.47. The van der Waals surface area contributed by atoms with Gasteiger partial charge in [-0.2, -0.15) is 0 Å². The van der Waals surface area contributed by atoms with Crippen LogP contribution in [0.25, 0.3) is 21.0 Å². The molecule has 0 atom stereocenters. The number of hydrogen-bond donors (Lipinski definition) is 3. The summed E-state index contributed by atoms with van der Waals surface area (Å²) < 4.78 is 0.854. The Labute approximate surface area is 203 Å². The van der Waals surface area contributed by atoms with Crippen LogP contribution in [0.2, 0.25) is 0 Å². The van der Waals surface area contributed by atoms with Crippen LogP contribution in [0.5, 0.6) is 5.75 Å². The highest BCUT2D eigenvalue weighted by Crippen LogP contribution is 2.29. The highest BCUT2D eigenvalue weighted by molar-refractivity contribution is 8.00. The minimum atomic E-state index is -0.220. The van der Waals surface area contributed by atoms with E-state index in [0.717, 1.165) is 25.9 Å². The lowest BCUT2D eigenvalue weighted by molar-refractivity contribution is -0.113. The van der Waals surface area contributed by atoms with Crippen LogP contribution in [0, 0.1) is 0 Å². The van der Waals surface area contributed by atoms with Crippen LogP contribution in [-0.2, 0) is 4.79 Å². The average Bonchev–Trinajstić information content (AvgIpc) is 3.24. The lowest BCUT2D eigenvalue weighted by atomic mass is 10.1. The predicted octanol–water partition coefficient (Wildman–Crippen LogP) is 6.14. The molecule has 34 heavy (non-hydrogen) atoms. The van der Waals surface area contributed by atoms with Crippen molar-refractivity contribution in [2.45, 2.75) is 4.90 Å². The molecule has 5 aromatic rings. The summed E-state index contributed by atoms with van der Waals surface area (Å²) in [4.78, 5) is 30.4. The molecule has 1 heterocycles. The number of carbonyl (C=O) groups is 2. The quantitative estimate of drug-likeness (QED) is 0.251. The molecule has 2 amide bonds. The lowest BCUT2D eigenvalue weighted by Crippen LogP contribution is -2.13. The highest BCUT2D eigenvalue weighted by Gasteiger charge is 2.12. The number of anilines is 2. The summed E-state index contributed by atoms with van der Waals surface area (Å²) in [7, 11) is 0. The van der Waals surface area contributed by atoms with Crippen LogP contribution in [-0.4, -0.2) is 27.7 Å². The summed E-state index contributed by atoms with van der Waals surface area (Å²) in [5, 5.41) is 17.9. The molecule has 0 fully saturated rings. The summed E-state index contributed by atoms with van der Waals surface area (Å²) in [5.74, 6) is 0.0194. The van der Waals surface area contributed by atoms with E-state index >= 15 is 0 Å². The van der Waals surface area contributed by atoms with Crippen molar-refractivity contribution in [1.82, 2.24) is 4.98 Å². The Hall–Kier alpha value is -3.88. The molecule has 6 nitrogen and oxygen atoms in total. The lowest BCUT2D eigenvalue weighted by Gasteiger charge is -2.05. The molecule has 168 valence electrons. The molecule has 1 aromatic heterocycles. The Morgan fingerprint density at radius 1 is 0.882 bits per heavy atom. The van der Waals surface area contributed by atoms with E-state index in [4.69, 9.17) is 0 Å². The second-order valence-corrected chi connectivity index (χ2v) is 9.63. The normalized spacial score (nSPS) is 10.9. The number of carbonyl (C=O) groups excluding carboxylic acids is 2. The number of amides is 2. The third-order valence-corrected chi connectivity index (χ3v) is 7.02. The number of fused-ring (bicyclic) bond motifs is 2. The number of phenolic OH excluding ortho intramolecular Hbond substituents is 1. The number of benzene rings is 4. The SMILES string of the molecule is O=C(CSc1cccc(O)c1)Nc1ccc2nc(NC(=O)c3ccc4ccccc4c3)sc2c1. The first-order chi connectivity index (χ1) is 16.5. The van der Waals surface area contributed by atoms with E-state index in [-0.39, 0.29) is 23.3 Å². The standard InChI is InChI=1S/C26H19N3O3S2/c30-20-6-3-7-21(14-20)33-15-24(31)27-19-10-11-22-23(13-19)34-26(28-22)29-25(32)18-9-8-16-4-1-2-5-17(16)12-18/h1-14,30H,15H2,(H,27,31)(H,28,29,32). The molecular weight excluding hydrogens is 466 g/mol. The maximum Gasteiger partial charge on any atom is 0.257 e. The van der Waals surface area contributed by atoms with Gasteiger partial charge in [-0.3, -0.25) is 14.9 Å². The number of rotatable bonds is 6. The van der Waals surface area contributed by atoms with Gasteiger partial charge in [-0.15, -0.1) is 11.8 Å². The van der Waals surface area contributed by atoms with Crippen LogP contribution in [0.3, 0.4) is 0 Å². The van der Waals surface area contributed by atoms with E-state index in [2.05, 4.69) is 15.6 Å². The average molecular weight is 486 g/mol. The Morgan fingerprint density at radius 3 is 2.59 bits per heavy atom. The van der Waals surface area contributed by atoms with Crippen LogP contribution in [0.1, 0.15) is 10.4 Å².